The number of hydrogen-bond donors (Lipinski definition) is 2. The SMILES string of the molecule is Cn1cnnc1CC1(O)CCCN(C(=O)c2cc[nH]c2C2CC2)C1. The van der Waals surface area contributed by atoms with Crippen LogP contribution in [0, 0.1) is 0 Å². The van der Waals surface area contributed by atoms with Gasteiger partial charge in [-0.25, -0.2) is 0 Å². The standard InChI is InChI=1S/C17H23N5O2/c1-21-11-19-20-14(21)9-17(24)6-2-8-22(10-17)16(23)13-5-7-18-15(13)12-3-4-12/h5,7,11-12,18,24H,2-4,6,8-10H2,1H3. The van der Waals surface area contributed by atoms with Crippen LogP contribution in [-0.2, 0) is 13.5 Å². The van der Waals surface area contributed by atoms with Crippen LogP contribution in [-0.4, -0.2) is 54.4 Å². The monoisotopic (exact) mass is 329 g/mol. The average molecular weight is 329 g/mol. The molecule has 4 rings (SSSR count). The van der Waals surface area contributed by atoms with Gasteiger partial charge < -0.3 is 19.6 Å². The van der Waals surface area contributed by atoms with Crippen LogP contribution >= 0.6 is 0 Å². The van der Waals surface area contributed by atoms with Gasteiger partial charge in [0.15, 0.2) is 0 Å². The molecule has 2 aromatic rings. The molecule has 2 N–H and O–H groups in total. The summed E-state index contributed by atoms with van der Waals surface area (Å²) < 4.78 is 1.82. The number of nitrogens with zero attached hydrogens (tertiary/aromatic N) is 4. The van der Waals surface area contributed by atoms with E-state index in [1.807, 2.05) is 23.9 Å². The van der Waals surface area contributed by atoms with Crippen molar-refractivity contribution < 1.29 is 9.90 Å². The topological polar surface area (TPSA) is 87.0 Å². The Labute approximate surface area is 140 Å². The zero-order chi connectivity index (χ0) is 16.7. The van der Waals surface area contributed by atoms with Gasteiger partial charge in [0.05, 0.1) is 17.7 Å². The third-order valence-electron chi connectivity index (χ3n) is 5.13. The first kappa shape index (κ1) is 15.4. The molecule has 0 spiro atoms. The minimum Gasteiger partial charge on any atom is -0.388 e. The maximum atomic E-state index is 12.9. The van der Waals surface area contributed by atoms with Crippen molar-refractivity contribution in [2.75, 3.05) is 13.1 Å². The van der Waals surface area contributed by atoms with E-state index in [1.165, 1.54) is 0 Å². The van der Waals surface area contributed by atoms with E-state index in [0.29, 0.717) is 31.8 Å². The van der Waals surface area contributed by atoms with Gasteiger partial charge in [-0.15, -0.1) is 10.2 Å². The highest BCUT2D eigenvalue weighted by Crippen LogP contribution is 2.41. The van der Waals surface area contributed by atoms with Gasteiger partial charge >= 0.3 is 0 Å². The van der Waals surface area contributed by atoms with Gasteiger partial charge in [-0.05, 0) is 37.7 Å². The number of aromatic amines is 1. The summed E-state index contributed by atoms with van der Waals surface area (Å²) in [6.07, 6.45) is 7.65. The molecule has 1 unspecified atom stereocenters. The Morgan fingerprint density at radius 3 is 3.04 bits per heavy atom. The number of rotatable bonds is 4. The van der Waals surface area contributed by atoms with E-state index >= 15 is 0 Å². The van der Waals surface area contributed by atoms with Crippen molar-refractivity contribution in [3.63, 3.8) is 0 Å². The average Bonchev–Trinajstić information content (AvgIpc) is 3.16. The van der Waals surface area contributed by atoms with Crippen molar-refractivity contribution in [1.29, 1.82) is 0 Å². The molecule has 7 heteroatoms. The molecule has 1 atom stereocenters. The number of carbonyl (C=O) groups excluding carboxylic acids is 1. The Morgan fingerprint density at radius 2 is 2.33 bits per heavy atom. The summed E-state index contributed by atoms with van der Waals surface area (Å²) in [6, 6.07) is 1.87. The van der Waals surface area contributed by atoms with Gasteiger partial charge in [-0.2, -0.15) is 0 Å². The predicted octanol–water partition coefficient (Wildman–Crippen LogP) is 1.23. The Morgan fingerprint density at radius 1 is 1.50 bits per heavy atom. The molecule has 0 radical (unpaired) electrons. The van der Waals surface area contributed by atoms with Gasteiger partial charge in [0.1, 0.15) is 12.2 Å². The fourth-order valence-electron chi connectivity index (χ4n) is 3.64. The number of likely N-dealkylation sites (tertiary alicyclic amines) is 1. The first-order chi connectivity index (χ1) is 11.6. The first-order valence-electron chi connectivity index (χ1n) is 8.57. The lowest BCUT2D eigenvalue weighted by molar-refractivity contribution is -0.0258. The number of amides is 1. The summed E-state index contributed by atoms with van der Waals surface area (Å²) in [5, 5.41) is 18.9. The van der Waals surface area contributed by atoms with E-state index in [2.05, 4.69) is 15.2 Å². The fourth-order valence-corrected chi connectivity index (χ4v) is 3.64. The predicted molar refractivity (Wildman–Crippen MR) is 87.6 cm³/mol. The molecule has 1 aliphatic carbocycles. The van der Waals surface area contributed by atoms with Crippen LogP contribution in [0.3, 0.4) is 0 Å². The van der Waals surface area contributed by atoms with E-state index in [-0.39, 0.29) is 5.91 Å². The Balaban J connectivity index is 1.50. The Bertz CT molecular complexity index is 748. The second-order valence-electron chi connectivity index (χ2n) is 7.17. The van der Waals surface area contributed by atoms with Crippen molar-refractivity contribution in [2.45, 2.75) is 43.6 Å². The second-order valence-corrected chi connectivity index (χ2v) is 7.17. The number of aromatic nitrogens is 4. The maximum absolute atomic E-state index is 12.9. The second kappa shape index (κ2) is 5.73. The normalized spacial score (nSPS) is 24.3. The number of aryl methyl sites for hydroxylation is 1. The highest BCUT2D eigenvalue weighted by Gasteiger charge is 2.38. The van der Waals surface area contributed by atoms with Crippen molar-refractivity contribution in [3.05, 3.63) is 35.7 Å². The van der Waals surface area contributed by atoms with Crippen LogP contribution in [0.1, 0.15) is 53.5 Å². The van der Waals surface area contributed by atoms with Crippen LogP contribution in [0.4, 0.5) is 0 Å². The molecule has 2 fully saturated rings. The largest absolute Gasteiger partial charge is 0.388 e. The summed E-state index contributed by atoms with van der Waals surface area (Å²) in [5.41, 5.74) is 0.882. The molecule has 128 valence electrons. The number of piperidine rings is 1. The zero-order valence-electron chi connectivity index (χ0n) is 13.9. The fraction of sp³-hybridized carbons (Fsp3) is 0.588. The van der Waals surface area contributed by atoms with Crippen molar-refractivity contribution in [1.82, 2.24) is 24.6 Å². The summed E-state index contributed by atoms with van der Waals surface area (Å²) in [5.74, 6) is 1.27. The molecule has 1 saturated carbocycles. The first-order valence-corrected chi connectivity index (χ1v) is 8.57. The minimum atomic E-state index is -0.940. The number of hydrogen-bond acceptors (Lipinski definition) is 4. The lowest BCUT2D eigenvalue weighted by Crippen LogP contribution is -2.51. The van der Waals surface area contributed by atoms with E-state index in [1.54, 1.807) is 11.2 Å². The minimum absolute atomic E-state index is 0.0224. The lowest BCUT2D eigenvalue weighted by atomic mass is 9.89. The van der Waals surface area contributed by atoms with Gasteiger partial charge in [0, 0.05) is 31.9 Å². The molecule has 1 aliphatic heterocycles. The smallest absolute Gasteiger partial charge is 0.255 e. The zero-order valence-corrected chi connectivity index (χ0v) is 13.9. The number of carbonyl (C=O) groups is 1. The molecule has 0 bridgehead atoms. The van der Waals surface area contributed by atoms with E-state index in [0.717, 1.165) is 36.3 Å². The number of H-pyrrole nitrogens is 1. The van der Waals surface area contributed by atoms with E-state index in [9.17, 15) is 9.90 Å². The van der Waals surface area contributed by atoms with Gasteiger partial charge in [0.25, 0.3) is 5.91 Å². The third kappa shape index (κ3) is 2.84. The lowest BCUT2D eigenvalue weighted by Gasteiger charge is -2.39. The molecule has 3 heterocycles. The van der Waals surface area contributed by atoms with Crippen LogP contribution in [0.15, 0.2) is 18.6 Å². The van der Waals surface area contributed by atoms with Crippen LogP contribution in [0.5, 0.6) is 0 Å². The Kier molecular flexibility index (Phi) is 3.68. The third-order valence-corrected chi connectivity index (χ3v) is 5.13. The highest BCUT2D eigenvalue weighted by atomic mass is 16.3. The molecule has 2 aliphatic rings. The quantitative estimate of drug-likeness (QED) is 0.883. The highest BCUT2D eigenvalue weighted by molar-refractivity contribution is 5.95. The maximum Gasteiger partial charge on any atom is 0.255 e. The molecule has 24 heavy (non-hydrogen) atoms. The number of aliphatic hydroxyl groups is 1. The van der Waals surface area contributed by atoms with Crippen LogP contribution in [0.25, 0.3) is 0 Å². The van der Waals surface area contributed by atoms with Crippen LogP contribution in [0.2, 0.25) is 0 Å². The summed E-state index contributed by atoms with van der Waals surface area (Å²) in [7, 11) is 1.87. The van der Waals surface area contributed by atoms with Gasteiger partial charge in [0.2, 0.25) is 0 Å². The van der Waals surface area contributed by atoms with Crippen molar-refractivity contribution >= 4 is 5.91 Å². The number of nitrogens with one attached hydrogen (secondary N) is 1. The molecule has 1 amide bonds. The molecular weight excluding hydrogens is 306 g/mol. The van der Waals surface area contributed by atoms with Crippen molar-refractivity contribution in [3.8, 4) is 0 Å². The molecule has 1 saturated heterocycles. The Hall–Kier alpha value is -2.15. The van der Waals surface area contributed by atoms with Crippen LogP contribution < -0.4 is 0 Å². The molecule has 2 aromatic heterocycles. The molecule has 7 nitrogen and oxygen atoms in total. The molecule has 0 aromatic carbocycles. The summed E-state index contributed by atoms with van der Waals surface area (Å²) in [4.78, 5) is 17.9. The van der Waals surface area contributed by atoms with E-state index in [4.69, 9.17) is 0 Å². The summed E-state index contributed by atoms with van der Waals surface area (Å²) >= 11 is 0. The molecular formula is C17H23N5O2. The van der Waals surface area contributed by atoms with Crippen molar-refractivity contribution in [2.24, 2.45) is 7.05 Å². The van der Waals surface area contributed by atoms with E-state index < -0.39 is 5.60 Å². The van der Waals surface area contributed by atoms with Gasteiger partial charge in [-0.1, -0.05) is 0 Å². The number of β-amino-alcohol motifs (C(OH)–C–C–N with tert-alkyl or cyclic N) is 1. The summed E-state index contributed by atoms with van der Waals surface area (Å²) in [6.45, 7) is 1.03. The van der Waals surface area contributed by atoms with Gasteiger partial charge in [-0.3, -0.25) is 4.79 Å².